The van der Waals surface area contributed by atoms with Crippen LogP contribution in [0.1, 0.15) is 49.3 Å². The minimum Gasteiger partial charge on any atom is -0.480 e. The maximum Gasteiger partial charge on any atom is 0.407 e. The van der Waals surface area contributed by atoms with Crippen LogP contribution < -0.4 is 10.6 Å². The van der Waals surface area contributed by atoms with Crippen LogP contribution in [0.4, 0.5) is 4.79 Å². The molecule has 0 saturated heterocycles. The van der Waals surface area contributed by atoms with Gasteiger partial charge in [0.05, 0.1) is 0 Å². The van der Waals surface area contributed by atoms with Gasteiger partial charge in [-0.25, -0.2) is 9.59 Å². The molecule has 3 aromatic carbocycles. The Morgan fingerprint density at radius 3 is 2.10 bits per heavy atom. The van der Waals surface area contributed by atoms with Gasteiger partial charge in [0, 0.05) is 32.0 Å². The summed E-state index contributed by atoms with van der Waals surface area (Å²) in [5, 5.41) is 15.3. The monoisotopic (exact) mass is 571 g/mol. The van der Waals surface area contributed by atoms with Crippen LogP contribution >= 0.6 is 0 Å². The quantitative estimate of drug-likeness (QED) is 0.243. The molecule has 0 spiro atoms. The Labute approximate surface area is 248 Å². The van der Waals surface area contributed by atoms with E-state index in [0.717, 1.165) is 27.8 Å². The average Bonchev–Trinajstić information content (AvgIpc) is 3.28. The lowest BCUT2D eigenvalue weighted by Gasteiger charge is -2.24. The molecule has 0 aromatic heterocycles. The summed E-state index contributed by atoms with van der Waals surface area (Å²) in [4.78, 5) is 39.4. The smallest absolute Gasteiger partial charge is 0.407 e. The number of hydrogen-bond acceptors (Lipinski definition) is 5. The number of hydrogen-bond donors (Lipinski definition) is 3. The fourth-order valence-corrected chi connectivity index (χ4v) is 5.75. The minimum atomic E-state index is -1.08. The van der Waals surface area contributed by atoms with Gasteiger partial charge in [-0.15, -0.1) is 0 Å². The van der Waals surface area contributed by atoms with Crippen molar-refractivity contribution in [2.75, 3.05) is 26.7 Å². The number of carboxylic acid groups (broad SMARTS) is 1. The van der Waals surface area contributed by atoms with Crippen molar-refractivity contribution in [2.24, 2.45) is 11.8 Å². The van der Waals surface area contributed by atoms with Crippen LogP contribution in [-0.4, -0.2) is 60.8 Å². The Balaban J connectivity index is 1.28. The summed E-state index contributed by atoms with van der Waals surface area (Å²) in [5.74, 6) is -1.34. The number of benzene rings is 3. The topological polar surface area (TPSA) is 108 Å². The summed E-state index contributed by atoms with van der Waals surface area (Å²) in [6.07, 6.45) is 0.272. The van der Waals surface area contributed by atoms with Gasteiger partial charge in [-0.3, -0.25) is 9.69 Å². The molecular formula is C34H41N3O5. The summed E-state index contributed by atoms with van der Waals surface area (Å²) in [6, 6.07) is 25.1. The van der Waals surface area contributed by atoms with Gasteiger partial charge < -0.3 is 20.5 Å². The Bertz CT molecular complexity index is 1310. The highest BCUT2D eigenvalue weighted by Crippen LogP contribution is 2.44. The largest absolute Gasteiger partial charge is 0.480 e. The van der Waals surface area contributed by atoms with Crippen molar-refractivity contribution in [1.82, 2.24) is 15.5 Å². The van der Waals surface area contributed by atoms with Gasteiger partial charge in [-0.05, 0) is 53.1 Å². The number of ether oxygens (including phenoxy) is 1. The lowest BCUT2D eigenvalue weighted by Crippen LogP contribution is -2.48. The molecule has 0 aliphatic heterocycles. The Morgan fingerprint density at radius 1 is 0.905 bits per heavy atom. The van der Waals surface area contributed by atoms with Gasteiger partial charge in [-0.1, -0.05) is 92.7 Å². The molecule has 0 fully saturated rings. The van der Waals surface area contributed by atoms with Gasteiger partial charge in [0.2, 0.25) is 5.91 Å². The molecule has 2 atom stereocenters. The van der Waals surface area contributed by atoms with Gasteiger partial charge in [0.1, 0.15) is 12.6 Å². The fourth-order valence-electron chi connectivity index (χ4n) is 5.75. The van der Waals surface area contributed by atoms with E-state index >= 15 is 0 Å². The summed E-state index contributed by atoms with van der Waals surface area (Å²) in [6.45, 7) is 5.32. The van der Waals surface area contributed by atoms with Crippen LogP contribution in [-0.2, 0) is 20.9 Å². The van der Waals surface area contributed by atoms with E-state index in [4.69, 9.17) is 4.74 Å². The van der Waals surface area contributed by atoms with E-state index in [9.17, 15) is 19.5 Å². The predicted octanol–water partition coefficient (Wildman–Crippen LogP) is 5.28. The molecule has 1 unspecified atom stereocenters. The highest BCUT2D eigenvalue weighted by Gasteiger charge is 2.29. The number of rotatable bonds is 14. The minimum absolute atomic E-state index is 0.0339. The van der Waals surface area contributed by atoms with E-state index in [1.807, 2.05) is 66.5 Å². The molecule has 0 saturated carbocycles. The van der Waals surface area contributed by atoms with Crippen LogP contribution in [0.5, 0.6) is 0 Å². The number of alkyl carbamates (subject to hydrolysis) is 1. The van der Waals surface area contributed by atoms with Crippen molar-refractivity contribution in [3.8, 4) is 11.1 Å². The number of fused-ring (bicyclic) bond motifs is 3. The first-order chi connectivity index (χ1) is 20.2. The second-order valence-electron chi connectivity index (χ2n) is 11.5. The highest BCUT2D eigenvalue weighted by molar-refractivity contribution is 5.84. The SMILES string of the molecule is CC(C)C[C@H](CNC(=O)OCC1c2ccccc2-c2ccccc21)CC(=O)NC(CN(C)Cc1ccccc1)C(=O)O. The summed E-state index contributed by atoms with van der Waals surface area (Å²) < 4.78 is 5.65. The normalized spacial score (nSPS) is 13.7. The van der Waals surface area contributed by atoms with Gasteiger partial charge in [-0.2, -0.15) is 0 Å². The van der Waals surface area contributed by atoms with Crippen LogP contribution in [0, 0.1) is 11.8 Å². The second kappa shape index (κ2) is 14.6. The third kappa shape index (κ3) is 8.42. The van der Waals surface area contributed by atoms with Crippen LogP contribution in [0.2, 0.25) is 0 Å². The first kappa shape index (κ1) is 30.8. The molecule has 8 heteroatoms. The van der Waals surface area contributed by atoms with E-state index in [-0.39, 0.29) is 43.9 Å². The molecule has 42 heavy (non-hydrogen) atoms. The van der Waals surface area contributed by atoms with Crippen molar-refractivity contribution in [3.63, 3.8) is 0 Å². The molecule has 1 aliphatic carbocycles. The number of amides is 2. The maximum atomic E-state index is 12.9. The summed E-state index contributed by atoms with van der Waals surface area (Å²) in [7, 11) is 1.83. The number of carboxylic acids is 1. The third-order valence-electron chi connectivity index (χ3n) is 7.58. The Hall–Kier alpha value is -4.17. The molecule has 3 N–H and O–H groups in total. The number of carbonyl (C=O) groups is 3. The van der Waals surface area contributed by atoms with Crippen molar-refractivity contribution >= 4 is 18.0 Å². The van der Waals surface area contributed by atoms with Crippen LogP contribution in [0.25, 0.3) is 11.1 Å². The zero-order valence-electron chi connectivity index (χ0n) is 24.6. The summed E-state index contributed by atoms with van der Waals surface area (Å²) in [5.41, 5.74) is 5.67. The number of nitrogens with one attached hydrogen (secondary N) is 2. The molecule has 0 bridgehead atoms. The number of carbonyl (C=O) groups excluding carboxylic acids is 2. The van der Waals surface area contributed by atoms with E-state index < -0.39 is 18.1 Å². The van der Waals surface area contributed by atoms with Crippen molar-refractivity contribution in [3.05, 3.63) is 95.6 Å². The second-order valence-corrected chi connectivity index (χ2v) is 11.5. The fraction of sp³-hybridized carbons (Fsp3) is 0.382. The summed E-state index contributed by atoms with van der Waals surface area (Å²) >= 11 is 0. The van der Waals surface area contributed by atoms with Gasteiger partial charge >= 0.3 is 12.1 Å². The first-order valence-corrected chi connectivity index (χ1v) is 14.5. The van der Waals surface area contributed by atoms with Crippen molar-refractivity contribution in [1.29, 1.82) is 0 Å². The third-order valence-corrected chi connectivity index (χ3v) is 7.58. The van der Waals surface area contributed by atoms with Crippen LogP contribution in [0.3, 0.4) is 0 Å². The zero-order valence-corrected chi connectivity index (χ0v) is 24.6. The highest BCUT2D eigenvalue weighted by atomic mass is 16.5. The number of aliphatic carboxylic acids is 1. The van der Waals surface area contributed by atoms with Crippen molar-refractivity contribution in [2.45, 2.75) is 45.2 Å². The molecule has 0 radical (unpaired) electrons. The number of nitrogens with zero attached hydrogens (tertiary/aromatic N) is 1. The average molecular weight is 572 g/mol. The Morgan fingerprint density at radius 2 is 1.50 bits per heavy atom. The molecule has 1 aliphatic rings. The van der Waals surface area contributed by atoms with Crippen molar-refractivity contribution < 1.29 is 24.2 Å². The van der Waals surface area contributed by atoms with E-state index in [0.29, 0.717) is 18.9 Å². The molecule has 3 aromatic rings. The van der Waals surface area contributed by atoms with E-state index in [2.05, 4.69) is 48.7 Å². The Kier molecular flexibility index (Phi) is 10.7. The van der Waals surface area contributed by atoms with Crippen LogP contribution in [0.15, 0.2) is 78.9 Å². The predicted molar refractivity (Wildman–Crippen MR) is 163 cm³/mol. The molecule has 0 heterocycles. The van der Waals surface area contributed by atoms with E-state index in [1.165, 1.54) is 0 Å². The van der Waals surface area contributed by atoms with E-state index in [1.54, 1.807) is 0 Å². The van der Waals surface area contributed by atoms with Gasteiger partial charge in [0.25, 0.3) is 0 Å². The zero-order chi connectivity index (χ0) is 30.1. The standard InChI is InChI=1S/C34H41N3O5/c1-23(2)17-25(18-32(38)36-31(33(39)40)21-37(3)20-24-11-5-4-6-12-24)19-35-34(41)42-22-30-28-15-9-7-13-26(28)27-14-8-10-16-29(27)30/h4-16,23,25,30-31H,17-22H2,1-3H3,(H,35,41)(H,36,38)(H,39,40)/t25-,31?/m0/s1. The lowest BCUT2D eigenvalue weighted by atomic mass is 9.93. The molecule has 4 rings (SSSR count). The number of likely N-dealkylation sites (N-methyl/N-ethyl adjacent to an activating group) is 1. The molecule has 2 amide bonds. The lowest BCUT2D eigenvalue weighted by molar-refractivity contribution is -0.142. The molecular weight excluding hydrogens is 530 g/mol. The first-order valence-electron chi connectivity index (χ1n) is 14.5. The maximum absolute atomic E-state index is 12.9. The van der Waals surface area contributed by atoms with Gasteiger partial charge in [0.15, 0.2) is 0 Å². The molecule has 222 valence electrons. The molecule has 8 nitrogen and oxygen atoms in total.